The molecule has 1 aromatic rings. The Labute approximate surface area is 133 Å². The van der Waals surface area contributed by atoms with Gasteiger partial charge in [0.15, 0.2) is 0 Å². The van der Waals surface area contributed by atoms with Crippen LogP contribution in [0.15, 0.2) is 22.7 Å². The smallest absolute Gasteiger partial charge is 0.252 e. The van der Waals surface area contributed by atoms with E-state index in [1.54, 1.807) is 6.07 Å². The van der Waals surface area contributed by atoms with Gasteiger partial charge in [-0.25, -0.2) is 0 Å². The van der Waals surface area contributed by atoms with Gasteiger partial charge in [0, 0.05) is 23.6 Å². The number of benzene rings is 1. The molecule has 1 heterocycles. The van der Waals surface area contributed by atoms with Crippen LogP contribution in [0, 0.1) is 5.92 Å². The molecule has 1 N–H and O–H groups in total. The van der Waals surface area contributed by atoms with Crippen molar-refractivity contribution in [2.45, 2.75) is 26.3 Å². The third kappa shape index (κ3) is 3.74. The van der Waals surface area contributed by atoms with Gasteiger partial charge in [0.25, 0.3) is 5.91 Å². The topological polar surface area (TPSA) is 32.3 Å². The molecule has 0 spiro atoms. The van der Waals surface area contributed by atoms with Crippen LogP contribution in [0.25, 0.3) is 0 Å². The number of nitrogens with one attached hydrogen (secondary N) is 1. The van der Waals surface area contributed by atoms with Crippen LogP contribution in [0.2, 0.25) is 5.02 Å². The van der Waals surface area contributed by atoms with Crippen LogP contribution in [-0.2, 0) is 0 Å². The molecule has 1 aliphatic rings. The lowest BCUT2D eigenvalue weighted by atomic mass is 10.1. The lowest BCUT2D eigenvalue weighted by Gasteiger charge is -2.20. The van der Waals surface area contributed by atoms with Gasteiger partial charge in [-0.1, -0.05) is 17.7 Å². The summed E-state index contributed by atoms with van der Waals surface area (Å²) in [6.45, 7) is 7.31. The van der Waals surface area contributed by atoms with Crippen LogP contribution in [0.5, 0.6) is 0 Å². The molecular weight excluding hydrogens is 340 g/mol. The zero-order valence-electron chi connectivity index (χ0n) is 11.8. The Bertz CT molecular complexity index is 493. The van der Waals surface area contributed by atoms with Crippen LogP contribution in [-0.4, -0.2) is 36.5 Å². The van der Waals surface area contributed by atoms with Crippen molar-refractivity contribution in [1.29, 1.82) is 0 Å². The Morgan fingerprint density at radius 2 is 2.30 bits per heavy atom. The first-order valence-electron chi connectivity index (χ1n) is 6.95. The maximum absolute atomic E-state index is 12.2. The van der Waals surface area contributed by atoms with Gasteiger partial charge in [-0.05, 0) is 60.8 Å². The lowest BCUT2D eigenvalue weighted by Crippen LogP contribution is -2.33. The van der Waals surface area contributed by atoms with Gasteiger partial charge in [-0.2, -0.15) is 0 Å². The second-order valence-corrected chi connectivity index (χ2v) is 6.79. The van der Waals surface area contributed by atoms with E-state index in [1.165, 1.54) is 0 Å². The first-order chi connectivity index (χ1) is 9.49. The molecule has 1 saturated heterocycles. The fraction of sp³-hybridized carbons (Fsp3) is 0.533. The molecule has 0 radical (unpaired) electrons. The van der Waals surface area contributed by atoms with Gasteiger partial charge in [-0.3, -0.25) is 4.79 Å². The summed E-state index contributed by atoms with van der Waals surface area (Å²) in [7, 11) is 0. The van der Waals surface area contributed by atoms with E-state index in [1.807, 2.05) is 12.1 Å². The highest BCUT2D eigenvalue weighted by Crippen LogP contribution is 2.26. The average Bonchev–Trinajstić information content (AvgIpc) is 2.88. The van der Waals surface area contributed by atoms with Crippen molar-refractivity contribution in [3.05, 3.63) is 33.3 Å². The molecule has 1 amide bonds. The Morgan fingerprint density at radius 3 is 2.95 bits per heavy atom. The lowest BCUT2D eigenvalue weighted by molar-refractivity contribution is 0.0947. The van der Waals surface area contributed by atoms with Crippen LogP contribution in [0.3, 0.4) is 0 Å². The molecule has 0 aromatic heterocycles. The minimum Gasteiger partial charge on any atom is -0.352 e. The van der Waals surface area contributed by atoms with E-state index in [0.29, 0.717) is 29.1 Å². The van der Waals surface area contributed by atoms with Crippen molar-refractivity contribution in [3.8, 4) is 0 Å². The SMILES string of the molecule is CC(C)N1CCC(CNC(=O)c2cccc(Br)c2Cl)C1. The van der Waals surface area contributed by atoms with Crippen molar-refractivity contribution < 1.29 is 4.79 Å². The van der Waals surface area contributed by atoms with E-state index in [9.17, 15) is 4.79 Å². The number of hydrogen-bond acceptors (Lipinski definition) is 2. The Hall–Kier alpha value is -0.580. The normalized spacial score (nSPS) is 19.6. The van der Waals surface area contributed by atoms with Crippen molar-refractivity contribution in [3.63, 3.8) is 0 Å². The quantitative estimate of drug-likeness (QED) is 0.891. The van der Waals surface area contributed by atoms with Crippen LogP contribution in [0.4, 0.5) is 0 Å². The van der Waals surface area contributed by atoms with Crippen molar-refractivity contribution in [2.75, 3.05) is 19.6 Å². The van der Waals surface area contributed by atoms with Gasteiger partial charge in [0.2, 0.25) is 0 Å². The molecule has 2 rings (SSSR count). The zero-order chi connectivity index (χ0) is 14.7. The molecule has 5 heteroatoms. The highest BCUT2D eigenvalue weighted by atomic mass is 79.9. The van der Waals surface area contributed by atoms with E-state index >= 15 is 0 Å². The van der Waals surface area contributed by atoms with E-state index in [2.05, 4.69) is 40.0 Å². The van der Waals surface area contributed by atoms with Gasteiger partial charge >= 0.3 is 0 Å². The monoisotopic (exact) mass is 358 g/mol. The molecule has 1 aliphatic heterocycles. The molecule has 20 heavy (non-hydrogen) atoms. The fourth-order valence-corrected chi connectivity index (χ4v) is 3.09. The predicted octanol–water partition coefficient (Wildman–Crippen LogP) is 3.56. The second-order valence-electron chi connectivity index (χ2n) is 5.55. The molecule has 1 unspecified atom stereocenters. The van der Waals surface area contributed by atoms with Gasteiger partial charge < -0.3 is 10.2 Å². The largest absolute Gasteiger partial charge is 0.352 e. The summed E-state index contributed by atoms with van der Waals surface area (Å²) < 4.78 is 0.749. The van der Waals surface area contributed by atoms with Crippen molar-refractivity contribution in [1.82, 2.24) is 10.2 Å². The number of halogens is 2. The molecule has 0 saturated carbocycles. The zero-order valence-corrected chi connectivity index (χ0v) is 14.2. The molecule has 1 fully saturated rings. The molecule has 110 valence electrons. The molecular formula is C15H20BrClN2O. The maximum Gasteiger partial charge on any atom is 0.252 e. The van der Waals surface area contributed by atoms with Gasteiger partial charge in [-0.15, -0.1) is 0 Å². The minimum absolute atomic E-state index is 0.0979. The van der Waals surface area contributed by atoms with Crippen LogP contribution < -0.4 is 5.32 Å². The second kappa shape index (κ2) is 6.92. The van der Waals surface area contributed by atoms with Crippen LogP contribution in [0.1, 0.15) is 30.6 Å². The Balaban J connectivity index is 1.89. The number of carbonyl (C=O) groups is 1. The van der Waals surface area contributed by atoms with Crippen molar-refractivity contribution in [2.24, 2.45) is 5.92 Å². The molecule has 1 aromatic carbocycles. The van der Waals surface area contributed by atoms with Gasteiger partial charge in [0.05, 0.1) is 10.6 Å². The molecule has 3 nitrogen and oxygen atoms in total. The fourth-order valence-electron chi connectivity index (χ4n) is 2.51. The molecule has 1 atom stereocenters. The summed E-state index contributed by atoms with van der Waals surface area (Å²) in [4.78, 5) is 14.6. The summed E-state index contributed by atoms with van der Waals surface area (Å²) in [5.41, 5.74) is 0.528. The Kier molecular flexibility index (Phi) is 5.47. The van der Waals surface area contributed by atoms with E-state index in [0.717, 1.165) is 24.0 Å². The highest BCUT2D eigenvalue weighted by molar-refractivity contribution is 9.10. The number of carbonyl (C=O) groups excluding carboxylic acids is 1. The number of hydrogen-bond donors (Lipinski definition) is 1. The van der Waals surface area contributed by atoms with Crippen LogP contribution >= 0.6 is 27.5 Å². The number of amides is 1. The van der Waals surface area contributed by atoms with E-state index in [4.69, 9.17) is 11.6 Å². The summed E-state index contributed by atoms with van der Waals surface area (Å²) in [5.74, 6) is 0.437. The summed E-state index contributed by atoms with van der Waals surface area (Å²) in [6.07, 6.45) is 1.14. The summed E-state index contributed by atoms with van der Waals surface area (Å²) in [6, 6.07) is 5.98. The number of likely N-dealkylation sites (tertiary alicyclic amines) is 1. The van der Waals surface area contributed by atoms with E-state index < -0.39 is 0 Å². The highest BCUT2D eigenvalue weighted by Gasteiger charge is 2.24. The third-order valence-corrected chi connectivity index (χ3v) is 5.09. The van der Waals surface area contributed by atoms with Crippen molar-refractivity contribution >= 4 is 33.4 Å². The van der Waals surface area contributed by atoms with E-state index in [-0.39, 0.29) is 5.91 Å². The number of rotatable bonds is 4. The average molecular weight is 360 g/mol. The third-order valence-electron chi connectivity index (χ3n) is 3.80. The molecule has 0 bridgehead atoms. The Morgan fingerprint density at radius 1 is 1.55 bits per heavy atom. The maximum atomic E-state index is 12.2. The predicted molar refractivity (Wildman–Crippen MR) is 86.3 cm³/mol. The molecule has 0 aliphatic carbocycles. The summed E-state index contributed by atoms with van der Waals surface area (Å²) >= 11 is 9.47. The summed E-state index contributed by atoms with van der Waals surface area (Å²) in [5, 5.41) is 3.47. The first kappa shape index (κ1) is 15.8. The van der Waals surface area contributed by atoms with Gasteiger partial charge in [0.1, 0.15) is 0 Å². The standard InChI is InChI=1S/C15H20BrClN2O/c1-10(2)19-7-6-11(9-19)8-18-15(20)12-4-3-5-13(16)14(12)17/h3-5,10-11H,6-9H2,1-2H3,(H,18,20). The number of nitrogens with zero attached hydrogens (tertiary/aromatic N) is 1. The first-order valence-corrected chi connectivity index (χ1v) is 8.12. The minimum atomic E-state index is -0.0979.